The lowest BCUT2D eigenvalue weighted by Crippen LogP contribution is -2.77. The summed E-state index contributed by atoms with van der Waals surface area (Å²) in [6.07, 6.45) is -16.0. The van der Waals surface area contributed by atoms with Crippen LogP contribution in [0.3, 0.4) is 0 Å². The van der Waals surface area contributed by atoms with E-state index in [1.165, 1.54) is 0 Å². The fraction of sp³-hybridized carbons (Fsp3) is 0.625. The second-order valence-corrected chi connectivity index (χ2v) is 7.81. The average molecular weight is 696 g/mol. The van der Waals surface area contributed by atoms with Gasteiger partial charge in [0.25, 0.3) is 0 Å². The van der Waals surface area contributed by atoms with E-state index in [0.29, 0.717) is 0 Å². The standard InChI is InChI=1S/C16H4F24N2O/c17-1-4(41)2(18)6(3(19)5(1)42)43-16(39,40)14(34,35)12(30,31)10(26,27)8(22,23)7(20,21)9(24,25)11(28,29)13(32,33)15(36,37)38/h41-42H2. The molecule has 0 amide bonds. The predicted octanol–water partition coefficient (Wildman–Crippen LogP) is 7.88. The van der Waals surface area contributed by atoms with Crippen molar-refractivity contribution < 1.29 is 110 Å². The third-order valence-corrected chi connectivity index (χ3v) is 5.06. The predicted molar refractivity (Wildman–Crippen MR) is 86.3 cm³/mol. The van der Waals surface area contributed by atoms with Crippen molar-refractivity contribution in [2.75, 3.05) is 11.5 Å². The monoisotopic (exact) mass is 696 g/mol. The van der Waals surface area contributed by atoms with Crippen LogP contribution < -0.4 is 16.2 Å². The Morgan fingerprint density at radius 1 is 0.349 bits per heavy atom. The molecular formula is C16H4F24N2O. The van der Waals surface area contributed by atoms with Gasteiger partial charge < -0.3 is 16.2 Å². The fourth-order valence-electron chi connectivity index (χ4n) is 2.50. The van der Waals surface area contributed by atoms with Gasteiger partial charge in [-0.25, -0.2) is 13.2 Å². The molecule has 0 aliphatic carbocycles. The Balaban J connectivity index is 3.85. The van der Waals surface area contributed by atoms with Gasteiger partial charge in [-0.15, -0.1) is 0 Å². The molecule has 1 aromatic rings. The van der Waals surface area contributed by atoms with Crippen molar-refractivity contribution in [2.24, 2.45) is 0 Å². The van der Waals surface area contributed by atoms with Crippen LogP contribution in [0.4, 0.5) is 117 Å². The van der Waals surface area contributed by atoms with Crippen LogP contribution in [0.15, 0.2) is 0 Å². The summed E-state index contributed by atoms with van der Waals surface area (Å²) < 4.78 is 323. The first kappa shape index (κ1) is 38.0. The number of nitrogens with two attached hydrogens (primary N) is 2. The van der Waals surface area contributed by atoms with Gasteiger partial charge >= 0.3 is 59.7 Å². The summed E-state index contributed by atoms with van der Waals surface area (Å²) in [6, 6.07) is 0. The zero-order valence-electron chi connectivity index (χ0n) is 18.6. The Morgan fingerprint density at radius 3 is 0.837 bits per heavy atom. The second-order valence-electron chi connectivity index (χ2n) is 7.81. The lowest BCUT2D eigenvalue weighted by Gasteiger charge is -2.44. The van der Waals surface area contributed by atoms with E-state index in [9.17, 15) is 105 Å². The molecule has 0 spiro atoms. The van der Waals surface area contributed by atoms with Gasteiger partial charge in [-0.05, 0) is 0 Å². The molecule has 1 rings (SSSR count). The molecule has 0 radical (unpaired) electrons. The number of nitrogen functional groups attached to an aromatic ring is 2. The van der Waals surface area contributed by atoms with Crippen LogP contribution in [0.2, 0.25) is 0 Å². The summed E-state index contributed by atoms with van der Waals surface area (Å²) in [6.45, 7) is 0. The highest BCUT2D eigenvalue weighted by Crippen LogP contribution is 2.66. The van der Waals surface area contributed by atoms with Crippen molar-refractivity contribution in [3.63, 3.8) is 0 Å². The molecule has 252 valence electrons. The smallest absolute Gasteiger partial charge is 0.421 e. The highest BCUT2D eigenvalue weighted by atomic mass is 19.4. The van der Waals surface area contributed by atoms with E-state index < -0.39 is 94.2 Å². The van der Waals surface area contributed by atoms with E-state index in [2.05, 4.69) is 16.2 Å². The summed E-state index contributed by atoms with van der Waals surface area (Å²) in [5, 5.41) is 0. The summed E-state index contributed by atoms with van der Waals surface area (Å²) in [7, 11) is 0. The third kappa shape index (κ3) is 4.65. The second kappa shape index (κ2) is 9.72. The van der Waals surface area contributed by atoms with Crippen LogP contribution in [0.1, 0.15) is 0 Å². The van der Waals surface area contributed by atoms with E-state index in [4.69, 9.17) is 0 Å². The van der Waals surface area contributed by atoms with Gasteiger partial charge in [-0.1, -0.05) is 0 Å². The van der Waals surface area contributed by atoms with Crippen molar-refractivity contribution in [3.05, 3.63) is 17.5 Å². The number of hydrogen-bond acceptors (Lipinski definition) is 3. The first-order valence-electron chi connectivity index (χ1n) is 9.27. The van der Waals surface area contributed by atoms with Gasteiger partial charge in [0.2, 0.25) is 5.75 Å². The number of alkyl halides is 21. The maximum Gasteiger partial charge on any atom is 0.471 e. The van der Waals surface area contributed by atoms with Crippen molar-refractivity contribution in [3.8, 4) is 5.75 Å². The van der Waals surface area contributed by atoms with E-state index in [0.717, 1.165) is 0 Å². The first-order valence-corrected chi connectivity index (χ1v) is 9.27. The molecule has 0 aliphatic heterocycles. The molecule has 0 fully saturated rings. The summed E-state index contributed by atoms with van der Waals surface area (Å²) >= 11 is 0. The van der Waals surface area contributed by atoms with Crippen molar-refractivity contribution in [1.29, 1.82) is 0 Å². The molecule has 0 aliphatic rings. The third-order valence-electron chi connectivity index (χ3n) is 5.06. The number of benzene rings is 1. The zero-order valence-corrected chi connectivity index (χ0v) is 18.6. The summed E-state index contributed by atoms with van der Waals surface area (Å²) in [5.41, 5.74) is 4.35. The minimum atomic E-state index is -9.43. The minimum Gasteiger partial charge on any atom is -0.421 e. The average Bonchev–Trinajstić information content (AvgIpc) is 2.82. The molecule has 0 heterocycles. The van der Waals surface area contributed by atoms with Crippen LogP contribution in [0, 0.1) is 17.5 Å². The van der Waals surface area contributed by atoms with Crippen molar-refractivity contribution in [1.82, 2.24) is 0 Å². The number of anilines is 2. The quantitative estimate of drug-likeness (QED) is 0.193. The Morgan fingerprint density at radius 2 is 0.581 bits per heavy atom. The van der Waals surface area contributed by atoms with Gasteiger partial charge in [0.1, 0.15) is 11.4 Å². The van der Waals surface area contributed by atoms with Gasteiger partial charge in [0.05, 0.1) is 0 Å². The van der Waals surface area contributed by atoms with Gasteiger partial charge in [-0.2, -0.15) is 92.2 Å². The number of halogens is 24. The normalized spacial score (nSPS) is 15.6. The van der Waals surface area contributed by atoms with E-state index in [1.54, 1.807) is 0 Å². The molecule has 43 heavy (non-hydrogen) atoms. The van der Waals surface area contributed by atoms with Crippen LogP contribution in [0.25, 0.3) is 0 Å². The molecule has 4 N–H and O–H groups in total. The Kier molecular flexibility index (Phi) is 8.58. The van der Waals surface area contributed by atoms with E-state index in [1.807, 2.05) is 0 Å². The maximum absolute atomic E-state index is 13.8. The molecule has 0 atom stereocenters. The molecule has 3 nitrogen and oxygen atoms in total. The van der Waals surface area contributed by atoms with Crippen LogP contribution in [-0.4, -0.2) is 59.7 Å². The molecule has 0 bridgehead atoms. The molecule has 0 saturated carbocycles. The Labute approximate surface area is 217 Å². The molecule has 27 heteroatoms. The highest BCUT2D eigenvalue weighted by Gasteiger charge is 2.98. The Hall–Kier alpha value is -3.06. The van der Waals surface area contributed by atoms with Crippen LogP contribution in [0.5, 0.6) is 5.75 Å². The molecule has 0 saturated heterocycles. The molecule has 0 unspecified atom stereocenters. The number of ether oxygens (including phenoxy) is 1. The zero-order chi connectivity index (χ0) is 35.2. The van der Waals surface area contributed by atoms with E-state index in [-0.39, 0.29) is 0 Å². The van der Waals surface area contributed by atoms with Crippen molar-refractivity contribution in [2.45, 2.75) is 59.7 Å². The molecule has 0 aromatic heterocycles. The lowest BCUT2D eigenvalue weighted by molar-refractivity contribution is -0.480. The Bertz CT molecular complexity index is 1200. The minimum absolute atomic E-state index is 2.28. The maximum atomic E-state index is 13.8. The number of hydrogen-bond donors (Lipinski definition) is 2. The number of rotatable bonds is 10. The molecule has 1 aromatic carbocycles. The largest absolute Gasteiger partial charge is 0.471 e. The summed E-state index contributed by atoms with van der Waals surface area (Å²) in [4.78, 5) is 0. The van der Waals surface area contributed by atoms with Gasteiger partial charge in [0.15, 0.2) is 17.5 Å². The SMILES string of the molecule is Nc1c(F)c(N)c(F)c(OC(F)(F)C(F)(F)C(F)(F)C(F)(F)C(F)(F)C(F)(F)C(F)(F)C(F)(F)C(F)(F)C(F)(F)F)c1F. The van der Waals surface area contributed by atoms with Gasteiger partial charge in [-0.3, -0.25) is 0 Å². The topological polar surface area (TPSA) is 61.3 Å². The van der Waals surface area contributed by atoms with Crippen molar-refractivity contribution >= 4 is 11.4 Å². The fourth-order valence-corrected chi connectivity index (χ4v) is 2.50. The first-order chi connectivity index (χ1) is 18.4. The lowest BCUT2D eigenvalue weighted by atomic mass is 9.87. The summed E-state index contributed by atoms with van der Waals surface area (Å²) in [5.74, 6) is -84.9. The van der Waals surface area contributed by atoms with Gasteiger partial charge in [0, 0.05) is 0 Å². The van der Waals surface area contributed by atoms with Crippen LogP contribution >= 0.6 is 0 Å². The highest BCUT2D eigenvalue weighted by molar-refractivity contribution is 5.61. The molecular weight excluding hydrogens is 692 g/mol. The van der Waals surface area contributed by atoms with E-state index >= 15 is 0 Å². The van der Waals surface area contributed by atoms with Crippen LogP contribution in [-0.2, 0) is 0 Å².